The van der Waals surface area contributed by atoms with Crippen molar-refractivity contribution in [1.82, 2.24) is 9.29 Å². The van der Waals surface area contributed by atoms with Crippen molar-refractivity contribution in [2.45, 2.75) is 45.4 Å². The van der Waals surface area contributed by atoms with E-state index in [0.717, 1.165) is 5.69 Å². The van der Waals surface area contributed by atoms with Gasteiger partial charge >= 0.3 is 0 Å². The Morgan fingerprint density at radius 1 is 1.50 bits per heavy atom. The Bertz CT molecular complexity index is 451. The first kappa shape index (κ1) is 17.6. The average molecular weight is 319 g/mol. The normalized spacial score (nSPS) is 15.2. The number of pyridine rings is 1. The van der Waals surface area contributed by atoms with E-state index in [-0.39, 0.29) is 10.8 Å². The minimum atomic E-state index is -1.10. The van der Waals surface area contributed by atoms with Gasteiger partial charge in [0.05, 0.1) is 30.1 Å². The summed E-state index contributed by atoms with van der Waals surface area (Å²) in [5, 5.41) is 0.516. The SMILES string of the molecule is CCN(C(C)c1cc(Cl)c(OC)cn1)[S+]([O-])C(C)(C)C. The largest absolute Gasteiger partial charge is 0.597 e. The minimum Gasteiger partial charge on any atom is -0.597 e. The Labute approximate surface area is 129 Å². The molecule has 6 heteroatoms. The first-order valence-corrected chi connectivity index (χ1v) is 8.08. The van der Waals surface area contributed by atoms with E-state index < -0.39 is 11.4 Å². The second-order valence-corrected chi connectivity index (χ2v) is 8.11. The van der Waals surface area contributed by atoms with Crippen molar-refractivity contribution in [3.8, 4) is 5.75 Å². The van der Waals surface area contributed by atoms with Gasteiger partial charge in [0, 0.05) is 17.9 Å². The van der Waals surface area contributed by atoms with Crippen molar-refractivity contribution in [3.63, 3.8) is 0 Å². The zero-order valence-electron chi connectivity index (χ0n) is 12.9. The lowest BCUT2D eigenvalue weighted by atomic mass is 10.2. The maximum absolute atomic E-state index is 12.6. The number of rotatable bonds is 5. The van der Waals surface area contributed by atoms with Crippen LogP contribution in [-0.4, -0.2) is 32.2 Å². The molecule has 0 spiro atoms. The highest BCUT2D eigenvalue weighted by Crippen LogP contribution is 2.31. The van der Waals surface area contributed by atoms with Gasteiger partial charge in [-0.1, -0.05) is 11.6 Å². The van der Waals surface area contributed by atoms with Crippen LogP contribution in [0.5, 0.6) is 5.75 Å². The zero-order valence-corrected chi connectivity index (χ0v) is 14.5. The molecule has 0 saturated heterocycles. The van der Waals surface area contributed by atoms with Gasteiger partial charge in [0.25, 0.3) is 0 Å². The van der Waals surface area contributed by atoms with Crippen LogP contribution in [0.2, 0.25) is 5.02 Å². The van der Waals surface area contributed by atoms with Crippen LogP contribution < -0.4 is 4.74 Å². The van der Waals surface area contributed by atoms with E-state index in [1.54, 1.807) is 19.4 Å². The number of methoxy groups -OCH3 is 1. The van der Waals surface area contributed by atoms with Gasteiger partial charge in [-0.05, 0) is 40.7 Å². The summed E-state index contributed by atoms with van der Waals surface area (Å²) >= 11 is 5.03. The van der Waals surface area contributed by atoms with Crippen molar-refractivity contribution in [2.24, 2.45) is 0 Å². The third-order valence-corrected chi connectivity index (χ3v) is 5.31. The summed E-state index contributed by atoms with van der Waals surface area (Å²) in [6.45, 7) is 10.5. The number of ether oxygens (including phenoxy) is 1. The standard InChI is InChI=1S/C14H23ClN2O2S/c1-7-17(20(18)14(3,4)5)10(2)12-8-11(15)13(19-6)9-16-12/h8-10H,7H2,1-6H3. The third kappa shape index (κ3) is 4.01. The predicted octanol–water partition coefficient (Wildman–Crippen LogP) is 3.59. The highest BCUT2D eigenvalue weighted by molar-refractivity contribution is 7.90. The molecule has 0 aliphatic heterocycles. The van der Waals surface area contributed by atoms with Crippen molar-refractivity contribution < 1.29 is 9.29 Å². The van der Waals surface area contributed by atoms with E-state index >= 15 is 0 Å². The average Bonchev–Trinajstić information content (AvgIpc) is 2.38. The van der Waals surface area contributed by atoms with E-state index in [1.165, 1.54) is 0 Å². The Hall–Kier alpha value is -0.490. The van der Waals surface area contributed by atoms with Gasteiger partial charge in [-0.3, -0.25) is 4.98 Å². The molecule has 2 unspecified atom stereocenters. The highest BCUT2D eigenvalue weighted by atomic mass is 35.5. The first-order chi connectivity index (χ1) is 9.22. The lowest BCUT2D eigenvalue weighted by Gasteiger charge is -2.35. The Morgan fingerprint density at radius 2 is 2.10 bits per heavy atom. The Balaban J connectivity index is 3.02. The summed E-state index contributed by atoms with van der Waals surface area (Å²) < 4.78 is 19.3. The van der Waals surface area contributed by atoms with E-state index in [2.05, 4.69) is 4.98 Å². The third-order valence-electron chi connectivity index (χ3n) is 2.97. The summed E-state index contributed by atoms with van der Waals surface area (Å²) in [6.07, 6.45) is 1.60. The minimum absolute atomic E-state index is 0.0801. The van der Waals surface area contributed by atoms with Crippen LogP contribution in [0, 0.1) is 0 Å². The van der Waals surface area contributed by atoms with Crippen molar-refractivity contribution in [1.29, 1.82) is 0 Å². The zero-order chi connectivity index (χ0) is 15.5. The Kier molecular flexibility index (Phi) is 6.13. The number of nitrogens with zero attached hydrogens (tertiary/aromatic N) is 2. The summed E-state index contributed by atoms with van der Waals surface area (Å²) in [5.41, 5.74) is 0.787. The van der Waals surface area contributed by atoms with Gasteiger partial charge in [0.15, 0.2) is 5.75 Å². The second-order valence-electron chi connectivity index (χ2n) is 5.51. The molecule has 1 rings (SSSR count). The highest BCUT2D eigenvalue weighted by Gasteiger charge is 2.36. The van der Waals surface area contributed by atoms with Gasteiger partial charge in [-0.2, -0.15) is 0 Å². The molecule has 2 atom stereocenters. The summed E-state index contributed by atoms with van der Waals surface area (Å²) in [7, 11) is 1.55. The Morgan fingerprint density at radius 3 is 2.50 bits per heavy atom. The molecular formula is C14H23ClN2O2S. The molecule has 0 saturated carbocycles. The van der Waals surface area contributed by atoms with Gasteiger partial charge in [0.2, 0.25) is 0 Å². The lowest BCUT2D eigenvalue weighted by Crippen LogP contribution is -2.44. The molecular weight excluding hydrogens is 296 g/mol. The van der Waals surface area contributed by atoms with Crippen LogP contribution in [0.25, 0.3) is 0 Å². The smallest absolute Gasteiger partial charge is 0.155 e. The van der Waals surface area contributed by atoms with Crippen LogP contribution in [0.15, 0.2) is 12.3 Å². The monoisotopic (exact) mass is 318 g/mol. The molecule has 1 aromatic heterocycles. The van der Waals surface area contributed by atoms with Crippen molar-refractivity contribution >= 4 is 23.0 Å². The van der Waals surface area contributed by atoms with E-state index in [9.17, 15) is 4.55 Å². The summed E-state index contributed by atoms with van der Waals surface area (Å²) in [4.78, 5) is 4.36. The van der Waals surface area contributed by atoms with Gasteiger partial charge in [-0.25, -0.2) is 0 Å². The molecule has 0 radical (unpaired) electrons. The summed E-state index contributed by atoms with van der Waals surface area (Å²) in [6, 6.07) is 1.69. The van der Waals surface area contributed by atoms with Crippen LogP contribution in [0.4, 0.5) is 0 Å². The van der Waals surface area contributed by atoms with E-state index in [4.69, 9.17) is 16.3 Å². The quantitative estimate of drug-likeness (QED) is 0.778. The fourth-order valence-electron chi connectivity index (χ4n) is 1.85. The fraction of sp³-hybridized carbons (Fsp3) is 0.643. The van der Waals surface area contributed by atoms with E-state index in [0.29, 0.717) is 17.3 Å². The number of hydrogen-bond acceptors (Lipinski definition) is 4. The van der Waals surface area contributed by atoms with E-state index in [1.807, 2.05) is 38.9 Å². The van der Waals surface area contributed by atoms with Crippen molar-refractivity contribution in [3.05, 3.63) is 23.0 Å². The van der Waals surface area contributed by atoms with Gasteiger partial charge in [0.1, 0.15) is 4.75 Å². The first-order valence-electron chi connectivity index (χ1n) is 6.60. The molecule has 1 heterocycles. The van der Waals surface area contributed by atoms with Crippen LogP contribution in [-0.2, 0) is 11.4 Å². The lowest BCUT2D eigenvalue weighted by molar-refractivity contribution is 0.338. The maximum atomic E-state index is 12.6. The maximum Gasteiger partial charge on any atom is 0.155 e. The number of aromatic nitrogens is 1. The molecule has 0 fully saturated rings. The molecule has 0 aliphatic rings. The van der Waals surface area contributed by atoms with Crippen LogP contribution in [0.3, 0.4) is 0 Å². The number of halogens is 1. The van der Waals surface area contributed by atoms with Gasteiger partial charge < -0.3 is 9.29 Å². The molecule has 114 valence electrons. The van der Waals surface area contributed by atoms with Gasteiger partial charge in [-0.15, -0.1) is 4.31 Å². The molecule has 0 aromatic carbocycles. The molecule has 0 bridgehead atoms. The van der Waals surface area contributed by atoms with Crippen LogP contribution >= 0.6 is 11.6 Å². The topological polar surface area (TPSA) is 48.4 Å². The second kappa shape index (κ2) is 6.98. The molecule has 4 nitrogen and oxygen atoms in total. The predicted molar refractivity (Wildman–Crippen MR) is 84.5 cm³/mol. The molecule has 0 N–H and O–H groups in total. The molecule has 0 amide bonds. The molecule has 1 aromatic rings. The fourth-order valence-corrected chi connectivity index (χ4v) is 3.42. The number of hydrogen-bond donors (Lipinski definition) is 0. The molecule has 20 heavy (non-hydrogen) atoms. The van der Waals surface area contributed by atoms with Crippen LogP contribution in [0.1, 0.15) is 46.4 Å². The van der Waals surface area contributed by atoms with Crippen molar-refractivity contribution in [2.75, 3.05) is 13.7 Å². The molecule has 0 aliphatic carbocycles. The summed E-state index contributed by atoms with van der Waals surface area (Å²) in [5.74, 6) is 0.544.